The summed E-state index contributed by atoms with van der Waals surface area (Å²) in [5.41, 5.74) is 0.538. The van der Waals surface area contributed by atoms with Gasteiger partial charge in [-0.05, 0) is 23.7 Å². The van der Waals surface area contributed by atoms with Gasteiger partial charge >= 0.3 is 0 Å². The van der Waals surface area contributed by atoms with Crippen LogP contribution in [0, 0.1) is 17.3 Å². The second-order valence-corrected chi connectivity index (χ2v) is 6.83. The molecule has 90 valence electrons. The van der Waals surface area contributed by atoms with Gasteiger partial charge in [-0.2, -0.15) is 0 Å². The molecule has 0 heteroatoms. The first-order valence-corrected chi connectivity index (χ1v) is 6.99. The van der Waals surface area contributed by atoms with Crippen molar-refractivity contribution in [2.24, 2.45) is 17.3 Å². The van der Waals surface area contributed by atoms with Crippen molar-refractivity contribution in [3.8, 4) is 0 Å². The van der Waals surface area contributed by atoms with Gasteiger partial charge in [0.25, 0.3) is 0 Å². The van der Waals surface area contributed by atoms with E-state index in [0.29, 0.717) is 5.41 Å². The molecule has 1 aliphatic carbocycles. The van der Waals surface area contributed by atoms with Gasteiger partial charge in [0.15, 0.2) is 0 Å². The molecule has 15 heavy (non-hydrogen) atoms. The third-order valence-corrected chi connectivity index (χ3v) is 4.04. The Labute approximate surface area is 96.8 Å². The van der Waals surface area contributed by atoms with Crippen molar-refractivity contribution in [1.82, 2.24) is 0 Å². The smallest absolute Gasteiger partial charge is 0.0383 e. The first kappa shape index (κ1) is 13.1. The molecule has 0 amide bonds. The molecule has 1 saturated carbocycles. The molecule has 1 unspecified atom stereocenters. The topological polar surface area (TPSA) is 0 Å². The Morgan fingerprint density at radius 2 is 1.67 bits per heavy atom. The van der Waals surface area contributed by atoms with E-state index in [1.54, 1.807) is 0 Å². The molecule has 0 nitrogen and oxygen atoms in total. The van der Waals surface area contributed by atoms with Crippen molar-refractivity contribution >= 4 is 0 Å². The highest BCUT2D eigenvalue weighted by Gasteiger charge is 2.21. The van der Waals surface area contributed by atoms with Crippen LogP contribution in [-0.4, -0.2) is 0 Å². The zero-order chi connectivity index (χ0) is 11.3. The molecule has 0 aliphatic heterocycles. The zero-order valence-corrected chi connectivity index (χ0v) is 11.3. The summed E-state index contributed by atoms with van der Waals surface area (Å²) >= 11 is 0. The van der Waals surface area contributed by atoms with E-state index in [2.05, 4.69) is 27.7 Å². The molecule has 1 rings (SSSR count). The lowest BCUT2D eigenvalue weighted by atomic mass is 9.85. The summed E-state index contributed by atoms with van der Waals surface area (Å²) in [7, 11) is 0. The largest absolute Gasteiger partial charge is 0.0622 e. The summed E-state index contributed by atoms with van der Waals surface area (Å²) in [6, 6.07) is 0. The number of hydrogen-bond acceptors (Lipinski definition) is 0. The Morgan fingerprint density at radius 3 is 2.20 bits per heavy atom. The quantitative estimate of drug-likeness (QED) is 0.532. The Kier molecular flexibility index (Phi) is 5.15. The van der Waals surface area contributed by atoms with Gasteiger partial charge in [-0.1, -0.05) is 72.6 Å². The average molecular weight is 210 g/mol. The number of unbranched alkanes of at least 4 members (excludes halogenated alkanes) is 1. The molecule has 0 aromatic carbocycles. The molecule has 0 spiro atoms. The fourth-order valence-electron chi connectivity index (χ4n) is 2.88. The molecule has 0 N–H and O–H groups in total. The fraction of sp³-hybridized carbons (Fsp3) is 1.00. The first-order chi connectivity index (χ1) is 6.99. The summed E-state index contributed by atoms with van der Waals surface area (Å²) in [6.45, 7) is 9.54. The lowest BCUT2D eigenvalue weighted by molar-refractivity contribution is 0.311. The van der Waals surface area contributed by atoms with Crippen molar-refractivity contribution < 1.29 is 0 Å². The molecule has 0 radical (unpaired) electrons. The van der Waals surface area contributed by atoms with Gasteiger partial charge in [0.1, 0.15) is 0 Å². The normalized spacial score (nSPS) is 20.8. The molecule has 1 fully saturated rings. The Bertz CT molecular complexity index is 157. The first-order valence-electron chi connectivity index (χ1n) is 6.99. The second-order valence-electron chi connectivity index (χ2n) is 6.83. The maximum Gasteiger partial charge on any atom is -0.0383 e. The van der Waals surface area contributed by atoms with E-state index < -0.39 is 0 Å². The average Bonchev–Trinajstić information content (AvgIpc) is 2.63. The Morgan fingerprint density at radius 1 is 1.07 bits per heavy atom. The predicted octanol–water partition coefficient (Wildman–Crippen LogP) is 5.42. The van der Waals surface area contributed by atoms with Crippen LogP contribution < -0.4 is 0 Å². The molecule has 0 bridgehead atoms. The SMILES string of the molecule is CC(CCCCC(C)(C)C)C1CCCC1. The Hall–Kier alpha value is 0. The van der Waals surface area contributed by atoms with Gasteiger partial charge < -0.3 is 0 Å². The van der Waals surface area contributed by atoms with Crippen LogP contribution in [-0.2, 0) is 0 Å². The van der Waals surface area contributed by atoms with Gasteiger partial charge in [-0.25, -0.2) is 0 Å². The van der Waals surface area contributed by atoms with Crippen molar-refractivity contribution in [3.05, 3.63) is 0 Å². The van der Waals surface area contributed by atoms with Crippen LogP contribution in [0.4, 0.5) is 0 Å². The van der Waals surface area contributed by atoms with Crippen LogP contribution in [0.1, 0.15) is 79.1 Å². The molecule has 0 aromatic rings. The van der Waals surface area contributed by atoms with E-state index in [1.165, 1.54) is 51.4 Å². The summed E-state index contributed by atoms with van der Waals surface area (Å²) in [6.07, 6.45) is 11.8. The fourth-order valence-corrected chi connectivity index (χ4v) is 2.88. The maximum atomic E-state index is 2.48. The van der Waals surface area contributed by atoms with Crippen LogP contribution in [0.3, 0.4) is 0 Å². The van der Waals surface area contributed by atoms with Crippen molar-refractivity contribution in [3.63, 3.8) is 0 Å². The summed E-state index contributed by atoms with van der Waals surface area (Å²) in [5, 5.41) is 0. The zero-order valence-electron chi connectivity index (χ0n) is 11.3. The third-order valence-electron chi connectivity index (χ3n) is 4.04. The maximum absolute atomic E-state index is 2.48. The van der Waals surface area contributed by atoms with E-state index >= 15 is 0 Å². The van der Waals surface area contributed by atoms with Gasteiger partial charge in [0.05, 0.1) is 0 Å². The van der Waals surface area contributed by atoms with Gasteiger partial charge in [-0.15, -0.1) is 0 Å². The number of rotatable bonds is 5. The van der Waals surface area contributed by atoms with E-state index in [9.17, 15) is 0 Å². The highest BCUT2D eigenvalue weighted by atomic mass is 14.3. The lowest BCUT2D eigenvalue weighted by Crippen LogP contribution is -2.08. The van der Waals surface area contributed by atoms with Crippen LogP contribution in [0.15, 0.2) is 0 Å². The summed E-state index contributed by atoms with van der Waals surface area (Å²) < 4.78 is 0. The van der Waals surface area contributed by atoms with Crippen molar-refractivity contribution in [2.45, 2.75) is 79.1 Å². The van der Waals surface area contributed by atoms with Crippen LogP contribution in [0.25, 0.3) is 0 Å². The van der Waals surface area contributed by atoms with Crippen molar-refractivity contribution in [1.29, 1.82) is 0 Å². The van der Waals surface area contributed by atoms with Crippen LogP contribution >= 0.6 is 0 Å². The van der Waals surface area contributed by atoms with Gasteiger partial charge in [0, 0.05) is 0 Å². The minimum Gasteiger partial charge on any atom is -0.0622 e. The van der Waals surface area contributed by atoms with E-state index in [1.807, 2.05) is 0 Å². The molecular formula is C15H30. The van der Waals surface area contributed by atoms with Crippen LogP contribution in [0.2, 0.25) is 0 Å². The highest BCUT2D eigenvalue weighted by Crippen LogP contribution is 2.34. The van der Waals surface area contributed by atoms with E-state index in [-0.39, 0.29) is 0 Å². The van der Waals surface area contributed by atoms with Gasteiger partial charge in [-0.3, -0.25) is 0 Å². The number of hydrogen-bond donors (Lipinski definition) is 0. The molecule has 0 aromatic heterocycles. The summed E-state index contributed by atoms with van der Waals surface area (Å²) in [4.78, 5) is 0. The molecule has 1 atom stereocenters. The second kappa shape index (κ2) is 5.92. The standard InChI is InChI=1S/C15H30/c1-13(14-10-5-6-11-14)9-7-8-12-15(2,3)4/h13-14H,5-12H2,1-4H3. The Balaban J connectivity index is 2.04. The van der Waals surface area contributed by atoms with Crippen molar-refractivity contribution in [2.75, 3.05) is 0 Å². The van der Waals surface area contributed by atoms with Gasteiger partial charge in [0.2, 0.25) is 0 Å². The summed E-state index contributed by atoms with van der Waals surface area (Å²) in [5.74, 6) is 2.06. The molecule has 0 saturated heterocycles. The third kappa shape index (κ3) is 5.58. The highest BCUT2D eigenvalue weighted by molar-refractivity contribution is 4.73. The minimum atomic E-state index is 0.538. The minimum absolute atomic E-state index is 0.538. The molecular weight excluding hydrogens is 180 g/mol. The van der Waals surface area contributed by atoms with E-state index in [0.717, 1.165) is 11.8 Å². The predicted molar refractivity (Wildman–Crippen MR) is 69.0 cm³/mol. The lowest BCUT2D eigenvalue weighted by Gasteiger charge is -2.21. The molecule has 0 heterocycles. The van der Waals surface area contributed by atoms with E-state index in [4.69, 9.17) is 0 Å². The molecule has 1 aliphatic rings. The van der Waals surface area contributed by atoms with Crippen LogP contribution in [0.5, 0.6) is 0 Å². The monoisotopic (exact) mass is 210 g/mol.